The van der Waals surface area contributed by atoms with Crippen LogP contribution in [0.5, 0.6) is 46.0 Å². The maximum atomic E-state index is 13.1. The minimum absolute atomic E-state index is 0.245. The van der Waals surface area contributed by atoms with E-state index in [9.17, 15) is 20.4 Å². The maximum absolute atomic E-state index is 13.1. The lowest BCUT2D eigenvalue weighted by atomic mass is 9.79. The van der Waals surface area contributed by atoms with Gasteiger partial charge in [-0.05, 0) is 201 Å². The molecular weight excluding hydrogens is 1550 g/mol. The zero-order chi connectivity index (χ0) is 88.1. The second kappa shape index (κ2) is 35.1. The van der Waals surface area contributed by atoms with Gasteiger partial charge in [0.1, 0.15) is 72.4 Å². The van der Waals surface area contributed by atoms with Crippen LogP contribution < -0.4 is 18.9 Å². The van der Waals surface area contributed by atoms with Gasteiger partial charge in [0, 0.05) is 95.7 Å². The molecule has 122 heavy (non-hydrogen) atoms. The average molecular weight is 1680 g/mol. The standard InChI is InChI=1S/C108H132N4O8S2/c1-101(2,3)81-45-65-37-73-53-85(105(13,14)15)55-75-39-67-47-82(102(4,5)6)48-68(94(67)114)40-76-56-86(106(16,17)18)54-74(38-66(46-81)93(65)113)98(76)118-34-30-110-62-90-26-28-92(122-90)64-112-32-36-120-100-78-42-70-50-83(103(7,8)9)49-69(95(70)115)41-77-57-87(107(19,20)21)59-79(99(77)119-35-31-111-63-91-27-25-89(121-91)61-109-29-33-117-97(73)75)43-71-51-84(104(10,11)12)52-72(96(71)116)44-80(100)60-88(58-78)108(22,23)24/h25-28,45-64,113-116H,29-44H2,1-24H3. The van der Waals surface area contributed by atoms with Crippen LogP contribution in [0.25, 0.3) is 0 Å². The summed E-state index contributed by atoms with van der Waals surface area (Å²) in [6.45, 7) is 56.2. The Bertz CT molecular complexity index is 4800. The van der Waals surface area contributed by atoms with Crippen molar-refractivity contribution in [2.45, 2.75) is 261 Å². The van der Waals surface area contributed by atoms with E-state index < -0.39 is 0 Å². The van der Waals surface area contributed by atoms with Crippen molar-refractivity contribution in [2.75, 3.05) is 52.6 Å². The largest absolute Gasteiger partial charge is 0.507 e. The fourth-order valence-corrected chi connectivity index (χ4v) is 18.1. The quantitative estimate of drug-likeness (QED) is 0.116. The summed E-state index contributed by atoms with van der Waals surface area (Å²) in [6, 6.07) is 43.9. The third kappa shape index (κ3) is 21.3. The van der Waals surface area contributed by atoms with Crippen molar-refractivity contribution in [3.8, 4) is 46.0 Å². The number of aliphatic imine (C=N–C) groups is 4. The molecule has 2 aromatic heterocycles. The second-order valence-corrected chi connectivity index (χ2v) is 44.8. The monoisotopic (exact) mass is 1680 g/mol. The van der Waals surface area contributed by atoms with Crippen LogP contribution >= 0.6 is 22.7 Å². The summed E-state index contributed by atoms with van der Waals surface area (Å²) in [7, 11) is 0. The van der Waals surface area contributed by atoms with Gasteiger partial charge >= 0.3 is 0 Å². The molecule has 0 saturated heterocycles. The van der Waals surface area contributed by atoms with Crippen LogP contribution in [0.3, 0.4) is 0 Å². The molecule has 0 saturated carbocycles. The summed E-state index contributed by atoms with van der Waals surface area (Å²) in [6.07, 6.45) is 10.7. The van der Waals surface area contributed by atoms with Crippen LogP contribution in [0.4, 0.5) is 0 Å². The van der Waals surface area contributed by atoms with Crippen molar-refractivity contribution in [2.24, 2.45) is 20.0 Å². The van der Waals surface area contributed by atoms with Gasteiger partial charge in [0.05, 0.1) is 26.2 Å². The number of phenolic OH excluding ortho intramolecular Hbond substituents is 4. The summed E-state index contributed by atoms with van der Waals surface area (Å²) < 4.78 is 28.7. The number of thiophene rings is 2. The molecule has 14 heteroatoms. The number of benzene rings is 8. The van der Waals surface area contributed by atoms with Gasteiger partial charge in [0.15, 0.2) is 0 Å². The summed E-state index contributed by atoms with van der Waals surface area (Å²) in [5.74, 6) is 3.88. The van der Waals surface area contributed by atoms with E-state index in [1.54, 1.807) is 22.7 Å². The van der Waals surface area contributed by atoms with Gasteiger partial charge in [-0.1, -0.05) is 263 Å². The lowest BCUT2D eigenvalue weighted by Gasteiger charge is -2.28. The summed E-state index contributed by atoms with van der Waals surface area (Å²) >= 11 is 3.22. The Balaban J connectivity index is 0.933. The molecule has 0 fully saturated rings. The molecule has 0 atom stereocenters. The Morgan fingerprint density at radius 2 is 0.344 bits per heavy atom. The first-order valence-electron chi connectivity index (χ1n) is 43.9. The Morgan fingerprint density at radius 3 is 0.475 bits per heavy atom. The van der Waals surface area contributed by atoms with Crippen molar-refractivity contribution in [3.63, 3.8) is 0 Å². The highest BCUT2D eigenvalue weighted by atomic mass is 32.1. The number of hydrogen-bond acceptors (Lipinski definition) is 14. The second-order valence-electron chi connectivity index (χ2n) is 42.5. The predicted octanol–water partition coefficient (Wildman–Crippen LogP) is 24.7. The molecule has 2 aliphatic heterocycles. The Labute approximate surface area is 735 Å². The molecule has 10 aromatic rings. The number of phenols is 4. The fraction of sp³-hybridized carbons (Fsp3) is 0.444. The fourth-order valence-electron chi connectivity index (χ4n) is 16.5. The first-order valence-corrected chi connectivity index (χ1v) is 45.5. The molecule has 4 aliphatic rings. The molecule has 4 heterocycles. The molecule has 8 aromatic carbocycles. The Morgan fingerprint density at radius 1 is 0.213 bits per heavy atom. The topological polar surface area (TPSA) is 167 Å². The predicted molar refractivity (Wildman–Crippen MR) is 511 cm³/mol. The van der Waals surface area contributed by atoms with Crippen molar-refractivity contribution < 1.29 is 39.4 Å². The van der Waals surface area contributed by atoms with E-state index in [4.69, 9.17) is 38.9 Å². The molecule has 0 spiro atoms. The Hall–Kier alpha value is -9.76. The van der Waals surface area contributed by atoms with Gasteiger partial charge in [-0.2, -0.15) is 0 Å². The van der Waals surface area contributed by atoms with Gasteiger partial charge in [0.25, 0.3) is 0 Å². The number of rotatable bonds is 0. The molecule has 0 unspecified atom stereocenters. The number of fused-ring (bicyclic) bond motifs is 14. The highest BCUT2D eigenvalue weighted by molar-refractivity contribution is 7.15. The van der Waals surface area contributed by atoms with E-state index >= 15 is 0 Å². The Kier molecular flexibility index (Phi) is 25.9. The van der Waals surface area contributed by atoms with E-state index in [1.807, 2.05) is 24.9 Å². The zero-order valence-electron chi connectivity index (χ0n) is 77.2. The van der Waals surface area contributed by atoms with E-state index in [0.717, 1.165) is 176 Å². The third-order valence-corrected chi connectivity index (χ3v) is 26.0. The van der Waals surface area contributed by atoms with Gasteiger partial charge in [-0.25, -0.2) is 0 Å². The van der Waals surface area contributed by atoms with Crippen LogP contribution in [0.1, 0.15) is 319 Å². The first-order chi connectivity index (χ1) is 57.1. The SMILES string of the molecule is CC(C)(C)c1cc2c(O)c(c1)Cc1cc(C(C)(C)C)cc3c1OCCN=Cc1ccc(s1)C=NCCOc1c4cc(C(C)(C)C)cc1Cc1cc(C(C)(C)C)cc(c1O)Cc1cc(C(C)(C)C)cc(c1OCCN=Cc1ccc(s1)C=NCCOc1c(cc(C(C)(C)C)cc1Cc1cc(C(C)(C)C)cc(c1O)C3)C2)Cc1cc(C(C)(C)C)cc(c1O)C4. The van der Waals surface area contributed by atoms with Crippen LogP contribution in [0.2, 0.25) is 0 Å². The lowest BCUT2D eigenvalue weighted by molar-refractivity contribution is 0.322. The number of hydrogen-bond donors (Lipinski definition) is 4. The molecule has 644 valence electrons. The van der Waals surface area contributed by atoms with Gasteiger partial charge in [-0.15, -0.1) is 22.7 Å². The molecule has 14 rings (SSSR count). The first kappa shape index (κ1) is 90.0. The van der Waals surface area contributed by atoms with Crippen LogP contribution in [0, 0.1) is 0 Å². The number of aromatic hydroxyl groups is 4. The van der Waals surface area contributed by atoms with Gasteiger partial charge < -0.3 is 39.4 Å². The maximum Gasteiger partial charge on any atom is 0.126 e. The van der Waals surface area contributed by atoms with E-state index in [-0.39, 0.29) is 92.7 Å². The highest BCUT2D eigenvalue weighted by Crippen LogP contribution is 2.48. The van der Waals surface area contributed by atoms with E-state index in [1.165, 1.54) is 0 Å². The molecule has 4 N–H and O–H groups in total. The highest BCUT2D eigenvalue weighted by Gasteiger charge is 2.33. The molecule has 0 radical (unpaired) electrons. The minimum atomic E-state index is -0.275. The zero-order valence-corrected chi connectivity index (χ0v) is 78.8. The number of ether oxygens (including phenoxy) is 4. The molecule has 2 aliphatic carbocycles. The average Bonchev–Trinajstić information content (AvgIpc) is 1.01. The molecule has 12 nitrogen and oxygen atoms in total. The molecule has 0 amide bonds. The van der Waals surface area contributed by atoms with Crippen molar-refractivity contribution in [1.29, 1.82) is 0 Å². The summed E-state index contributed by atoms with van der Waals surface area (Å²) in [5.41, 5.74) is 20.7. The summed E-state index contributed by atoms with van der Waals surface area (Å²) in [5, 5.41) is 52.4. The normalized spacial score (nSPS) is 15.3. The minimum Gasteiger partial charge on any atom is -0.507 e. The van der Waals surface area contributed by atoms with Crippen molar-refractivity contribution in [1.82, 2.24) is 0 Å². The van der Waals surface area contributed by atoms with Gasteiger partial charge in [0.2, 0.25) is 0 Å². The van der Waals surface area contributed by atoms with Gasteiger partial charge in [-0.3, -0.25) is 20.0 Å². The van der Waals surface area contributed by atoms with Crippen molar-refractivity contribution >= 4 is 47.5 Å². The van der Waals surface area contributed by atoms with E-state index in [0.29, 0.717) is 77.5 Å². The van der Waals surface area contributed by atoms with E-state index in [2.05, 4.69) is 287 Å². The van der Waals surface area contributed by atoms with Crippen LogP contribution in [0.15, 0.2) is 141 Å². The van der Waals surface area contributed by atoms with Crippen LogP contribution in [-0.2, 0) is 94.7 Å². The number of nitrogens with zero attached hydrogens (tertiary/aromatic N) is 4. The third-order valence-electron chi connectivity index (χ3n) is 24.1. The van der Waals surface area contributed by atoms with Crippen molar-refractivity contribution in [3.05, 3.63) is 274 Å². The lowest BCUT2D eigenvalue weighted by Crippen LogP contribution is -2.17. The molecular formula is C108H132N4O8S2. The summed E-state index contributed by atoms with van der Waals surface area (Å²) in [4.78, 5) is 23.9. The van der Waals surface area contributed by atoms with Crippen LogP contribution in [-0.4, -0.2) is 97.9 Å². The smallest absolute Gasteiger partial charge is 0.126 e. The molecule has 24 bridgehead atoms.